The van der Waals surface area contributed by atoms with E-state index >= 15 is 0 Å². The molecule has 0 bridgehead atoms. The molecule has 130 valence electrons. The first-order valence-corrected chi connectivity index (χ1v) is 8.06. The van der Waals surface area contributed by atoms with Crippen LogP contribution in [0.5, 0.6) is 0 Å². The Morgan fingerprint density at radius 3 is 2.71 bits per heavy atom. The van der Waals surface area contributed by atoms with Crippen molar-refractivity contribution in [3.05, 3.63) is 36.0 Å². The molecule has 0 saturated heterocycles. The zero-order valence-corrected chi connectivity index (χ0v) is 13.5. The smallest absolute Gasteiger partial charge is 0.326 e. The Morgan fingerprint density at radius 1 is 1.25 bits per heavy atom. The SMILES string of the molecule is NCCCCC(NC(=O)[C@@H](N)Cc1c[nH]c2ccccc12)C(=O)O. The summed E-state index contributed by atoms with van der Waals surface area (Å²) >= 11 is 0. The summed E-state index contributed by atoms with van der Waals surface area (Å²) in [4.78, 5) is 26.6. The van der Waals surface area contributed by atoms with Crippen molar-refractivity contribution < 1.29 is 14.7 Å². The van der Waals surface area contributed by atoms with Gasteiger partial charge in [0.25, 0.3) is 0 Å². The summed E-state index contributed by atoms with van der Waals surface area (Å²) in [6, 6.07) is 6.01. The molecule has 0 fully saturated rings. The topological polar surface area (TPSA) is 134 Å². The fourth-order valence-electron chi connectivity index (χ4n) is 2.66. The monoisotopic (exact) mass is 332 g/mol. The molecule has 0 saturated carbocycles. The van der Waals surface area contributed by atoms with Crippen LogP contribution in [0.4, 0.5) is 0 Å². The summed E-state index contributed by atoms with van der Waals surface area (Å²) in [5, 5.41) is 12.7. The molecule has 2 atom stereocenters. The first kappa shape index (κ1) is 18.0. The van der Waals surface area contributed by atoms with Crippen molar-refractivity contribution >= 4 is 22.8 Å². The van der Waals surface area contributed by atoms with E-state index in [1.54, 1.807) is 0 Å². The zero-order chi connectivity index (χ0) is 17.5. The second-order valence-corrected chi connectivity index (χ2v) is 5.85. The summed E-state index contributed by atoms with van der Waals surface area (Å²) in [5.74, 6) is -1.51. The van der Waals surface area contributed by atoms with Crippen molar-refractivity contribution in [3.8, 4) is 0 Å². The van der Waals surface area contributed by atoms with Crippen LogP contribution in [0.25, 0.3) is 10.9 Å². The first-order valence-electron chi connectivity index (χ1n) is 8.06. The predicted molar refractivity (Wildman–Crippen MR) is 92.5 cm³/mol. The van der Waals surface area contributed by atoms with Gasteiger partial charge in [-0.25, -0.2) is 4.79 Å². The van der Waals surface area contributed by atoms with E-state index in [9.17, 15) is 14.7 Å². The lowest BCUT2D eigenvalue weighted by Crippen LogP contribution is -2.49. The lowest BCUT2D eigenvalue weighted by atomic mass is 10.0. The third kappa shape index (κ3) is 4.56. The second kappa shape index (κ2) is 8.47. The maximum atomic E-state index is 12.2. The number of aromatic nitrogens is 1. The zero-order valence-electron chi connectivity index (χ0n) is 13.5. The van der Waals surface area contributed by atoms with E-state index in [0.29, 0.717) is 25.8 Å². The number of aliphatic carboxylic acids is 1. The second-order valence-electron chi connectivity index (χ2n) is 5.85. The molecule has 1 amide bonds. The Kier molecular flexibility index (Phi) is 6.34. The minimum atomic E-state index is -1.06. The summed E-state index contributed by atoms with van der Waals surface area (Å²) in [6.07, 6.45) is 3.88. The number of hydrogen-bond acceptors (Lipinski definition) is 4. The number of hydrogen-bond donors (Lipinski definition) is 5. The first-order chi connectivity index (χ1) is 11.5. The molecular formula is C17H24N4O3. The largest absolute Gasteiger partial charge is 0.480 e. The highest BCUT2D eigenvalue weighted by molar-refractivity contribution is 5.88. The highest BCUT2D eigenvalue weighted by atomic mass is 16.4. The van der Waals surface area contributed by atoms with Crippen molar-refractivity contribution in [2.75, 3.05) is 6.54 Å². The van der Waals surface area contributed by atoms with E-state index in [-0.39, 0.29) is 0 Å². The molecule has 24 heavy (non-hydrogen) atoms. The quantitative estimate of drug-likeness (QED) is 0.432. The summed E-state index contributed by atoms with van der Waals surface area (Å²) < 4.78 is 0. The molecule has 2 rings (SSSR count). The van der Waals surface area contributed by atoms with E-state index in [1.165, 1.54) is 0 Å². The fourth-order valence-corrected chi connectivity index (χ4v) is 2.66. The van der Waals surface area contributed by atoms with Gasteiger partial charge in [0.2, 0.25) is 5.91 Å². The van der Waals surface area contributed by atoms with Crippen LogP contribution < -0.4 is 16.8 Å². The average Bonchev–Trinajstić information content (AvgIpc) is 2.97. The van der Waals surface area contributed by atoms with Crippen molar-refractivity contribution in [2.24, 2.45) is 11.5 Å². The maximum Gasteiger partial charge on any atom is 0.326 e. The van der Waals surface area contributed by atoms with E-state index in [1.807, 2.05) is 30.5 Å². The number of para-hydroxylation sites is 1. The highest BCUT2D eigenvalue weighted by Gasteiger charge is 2.23. The van der Waals surface area contributed by atoms with Crippen molar-refractivity contribution in [1.82, 2.24) is 10.3 Å². The van der Waals surface area contributed by atoms with Crippen LogP contribution in [0, 0.1) is 0 Å². The van der Waals surface area contributed by atoms with E-state index in [4.69, 9.17) is 11.5 Å². The lowest BCUT2D eigenvalue weighted by Gasteiger charge is -2.17. The normalized spacial score (nSPS) is 13.6. The standard InChI is InChI=1S/C17H24N4O3/c18-8-4-3-7-15(17(23)24)21-16(22)13(19)9-11-10-20-14-6-2-1-5-12(11)14/h1-2,5-6,10,13,15,20H,3-4,7-9,18-19H2,(H,21,22)(H,23,24)/t13-,15?/m0/s1. The number of nitrogens with two attached hydrogens (primary N) is 2. The Hall–Kier alpha value is -2.38. The van der Waals surface area contributed by atoms with Gasteiger partial charge in [0.05, 0.1) is 6.04 Å². The molecule has 0 aliphatic heterocycles. The van der Waals surface area contributed by atoms with Crippen molar-refractivity contribution in [2.45, 2.75) is 37.8 Å². The van der Waals surface area contributed by atoms with Gasteiger partial charge in [0.15, 0.2) is 0 Å². The number of aromatic amines is 1. The van der Waals surface area contributed by atoms with Gasteiger partial charge in [0, 0.05) is 17.1 Å². The fraction of sp³-hybridized carbons (Fsp3) is 0.412. The number of carbonyl (C=O) groups excluding carboxylic acids is 1. The molecule has 1 aromatic heterocycles. The van der Waals surface area contributed by atoms with Gasteiger partial charge in [-0.3, -0.25) is 4.79 Å². The van der Waals surface area contributed by atoms with Crippen LogP contribution in [0.1, 0.15) is 24.8 Å². The lowest BCUT2D eigenvalue weighted by molar-refractivity contribution is -0.142. The molecule has 1 aromatic carbocycles. The molecule has 2 aromatic rings. The van der Waals surface area contributed by atoms with Gasteiger partial charge in [-0.2, -0.15) is 0 Å². The van der Waals surface area contributed by atoms with Crippen LogP contribution >= 0.6 is 0 Å². The Balaban J connectivity index is 1.96. The number of nitrogens with one attached hydrogen (secondary N) is 2. The third-order valence-electron chi connectivity index (χ3n) is 4.01. The molecular weight excluding hydrogens is 308 g/mol. The molecule has 7 nitrogen and oxygen atoms in total. The van der Waals surface area contributed by atoms with Gasteiger partial charge in [0.1, 0.15) is 6.04 Å². The predicted octanol–water partition coefficient (Wildman–Crippen LogP) is 0.736. The number of benzene rings is 1. The molecule has 0 spiro atoms. The summed E-state index contributed by atoms with van der Waals surface area (Å²) in [7, 11) is 0. The van der Waals surface area contributed by atoms with Gasteiger partial charge in [-0.15, -0.1) is 0 Å². The molecule has 0 aliphatic carbocycles. The summed E-state index contributed by atoms with van der Waals surface area (Å²) in [6.45, 7) is 0.500. The third-order valence-corrected chi connectivity index (χ3v) is 4.01. The van der Waals surface area contributed by atoms with Crippen LogP contribution in [-0.4, -0.2) is 40.6 Å². The van der Waals surface area contributed by atoms with Crippen LogP contribution in [-0.2, 0) is 16.0 Å². The number of carboxylic acids is 1. The van der Waals surface area contributed by atoms with E-state index in [0.717, 1.165) is 22.9 Å². The molecule has 1 heterocycles. The minimum Gasteiger partial charge on any atom is -0.480 e. The minimum absolute atomic E-state index is 0.338. The number of amides is 1. The van der Waals surface area contributed by atoms with Gasteiger partial charge >= 0.3 is 5.97 Å². The molecule has 7 heteroatoms. The van der Waals surface area contributed by atoms with Crippen LogP contribution in [0.15, 0.2) is 30.5 Å². The number of H-pyrrole nitrogens is 1. The van der Waals surface area contributed by atoms with Gasteiger partial charge in [-0.05, 0) is 43.9 Å². The number of unbranched alkanes of at least 4 members (excludes halogenated alkanes) is 1. The molecule has 0 aliphatic rings. The number of rotatable bonds is 9. The van der Waals surface area contributed by atoms with E-state index in [2.05, 4.69) is 10.3 Å². The number of carboxylic acid groups (broad SMARTS) is 1. The molecule has 0 radical (unpaired) electrons. The van der Waals surface area contributed by atoms with Crippen LogP contribution in [0.2, 0.25) is 0 Å². The van der Waals surface area contributed by atoms with Crippen molar-refractivity contribution in [3.63, 3.8) is 0 Å². The van der Waals surface area contributed by atoms with Crippen molar-refractivity contribution in [1.29, 1.82) is 0 Å². The number of carbonyl (C=O) groups is 2. The van der Waals surface area contributed by atoms with E-state index < -0.39 is 24.0 Å². The molecule has 1 unspecified atom stereocenters. The van der Waals surface area contributed by atoms with Gasteiger partial charge < -0.3 is 26.9 Å². The average molecular weight is 332 g/mol. The Bertz CT molecular complexity index is 698. The maximum absolute atomic E-state index is 12.2. The molecule has 7 N–H and O–H groups in total. The van der Waals surface area contributed by atoms with Crippen LogP contribution in [0.3, 0.4) is 0 Å². The van der Waals surface area contributed by atoms with Gasteiger partial charge in [-0.1, -0.05) is 18.2 Å². The number of fused-ring (bicyclic) bond motifs is 1. The Labute approximate surface area is 140 Å². The highest BCUT2D eigenvalue weighted by Crippen LogP contribution is 2.18. The Morgan fingerprint density at radius 2 is 2.00 bits per heavy atom. The summed E-state index contributed by atoms with van der Waals surface area (Å²) in [5.41, 5.74) is 13.3.